The second-order valence-corrected chi connectivity index (χ2v) is 4.83. The summed E-state index contributed by atoms with van der Waals surface area (Å²) in [6, 6.07) is 10.4. The number of amides is 2. The highest BCUT2D eigenvalue weighted by Crippen LogP contribution is 2.23. The van der Waals surface area contributed by atoms with E-state index >= 15 is 0 Å². The fourth-order valence-corrected chi connectivity index (χ4v) is 2.22. The zero-order valence-corrected chi connectivity index (χ0v) is 12.4. The molecule has 1 aromatic carbocycles. The van der Waals surface area contributed by atoms with E-state index in [2.05, 4.69) is 36.5 Å². The van der Waals surface area contributed by atoms with Gasteiger partial charge in [-0.05, 0) is 24.3 Å². The van der Waals surface area contributed by atoms with E-state index < -0.39 is 0 Å². The predicted molar refractivity (Wildman–Crippen MR) is 78.9 cm³/mol. The van der Waals surface area contributed by atoms with Crippen LogP contribution in [0.5, 0.6) is 0 Å². The predicted octanol–water partition coefficient (Wildman–Crippen LogP) is 2.69. The molecule has 4 nitrogen and oxygen atoms in total. The Kier molecular flexibility index (Phi) is 6.36. The Morgan fingerprint density at radius 2 is 1.89 bits per heavy atom. The van der Waals surface area contributed by atoms with Gasteiger partial charge in [0.1, 0.15) is 0 Å². The van der Waals surface area contributed by atoms with Crippen LogP contribution >= 0.6 is 0 Å². The van der Waals surface area contributed by atoms with Crippen LogP contribution in [0.25, 0.3) is 0 Å². The van der Waals surface area contributed by atoms with Crippen molar-refractivity contribution in [2.45, 2.75) is 25.7 Å². The lowest BCUT2D eigenvalue weighted by Gasteiger charge is -2.30. The van der Waals surface area contributed by atoms with E-state index in [0.29, 0.717) is 5.92 Å². The minimum Gasteiger partial charge on any atom is -0.340 e. The van der Waals surface area contributed by atoms with Crippen LogP contribution in [0.4, 0.5) is 4.79 Å². The summed E-state index contributed by atoms with van der Waals surface area (Å²) in [5.74, 6) is 0.494. The number of hydrogen-bond donors (Lipinski definition) is 1. The number of nitrogens with zero attached hydrogens (tertiary/aromatic N) is 2. The van der Waals surface area contributed by atoms with Gasteiger partial charge >= 0.3 is 6.03 Å². The number of urea groups is 1. The molecule has 0 heterocycles. The third-order valence-corrected chi connectivity index (χ3v) is 3.38. The largest absolute Gasteiger partial charge is 0.340 e. The summed E-state index contributed by atoms with van der Waals surface area (Å²) >= 11 is 0. The van der Waals surface area contributed by atoms with Crippen molar-refractivity contribution >= 4 is 6.03 Å². The molecule has 0 radical (unpaired) electrons. The molecule has 1 aromatic rings. The molecule has 2 amide bonds. The highest BCUT2D eigenvalue weighted by molar-refractivity contribution is 5.73. The highest BCUT2D eigenvalue weighted by Gasteiger charge is 2.17. The third-order valence-electron chi connectivity index (χ3n) is 3.38. The maximum Gasteiger partial charge on any atom is 0.331 e. The number of hydrazine groups is 1. The van der Waals surface area contributed by atoms with Gasteiger partial charge in [0, 0.05) is 27.7 Å². The molecule has 1 N–H and O–H groups in total. The van der Waals surface area contributed by atoms with Crippen LogP contribution in [-0.2, 0) is 0 Å². The van der Waals surface area contributed by atoms with E-state index in [1.807, 2.05) is 25.2 Å². The molecule has 1 atom stereocenters. The first kappa shape index (κ1) is 15.5. The van der Waals surface area contributed by atoms with Gasteiger partial charge in [0.05, 0.1) is 0 Å². The Morgan fingerprint density at radius 3 is 2.37 bits per heavy atom. The van der Waals surface area contributed by atoms with Crippen LogP contribution in [0.3, 0.4) is 0 Å². The topological polar surface area (TPSA) is 35.6 Å². The standard InChI is InChI=1S/C15H25N3O/c1-5-13(14-9-7-6-8-10-14)11-12-18(17(3)4)15(19)16-2/h6-10,13H,5,11-12H2,1-4H3,(H,16,19). The van der Waals surface area contributed by atoms with E-state index in [0.717, 1.165) is 19.4 Å². The lowest BCUT2D eigenvalue weighted by atomic mass is 9.93. The lowest BCUT2D eigenvalue weighted by molar-refractivity contribution is 0.0609. The normalized spacial score (nSPS) is 12.3. The molecule has 0 fully saturated rings. The Labute approximate surface area is 116 Å². The van der Waals surface area contributed by atoms with Crippen LogP contribution in [0.2, 0.25) is 0 Å². The molecule has 4 heteroatoms. The van der Waals surface area contributed by atoms with Crippen molar-refractivity contribution in [3.63, 3.8) is 0 Å². The Morgan fingerprint density at radius 1 is 1.26 bits per heavy atom. The summed E-state index contributed by atoms with van der Waals surface area (Å²) in [6.07, 6.45) is 2.05. The average molecular weight is 263 g/mol. The highest BCUT2D eigenvalue weighted by atomic mass is 16.2. The van der Waals surface area contributed by atoms with Gasteiger partial charge in [-0.15, -0.1) is 0 Å². The van der Waals surface area contributed by atoms with Crippen molar-refractivity contribution in [3.8, 4) is 0 Å². The Bertz CT molecular complexity index is 378. The third kappa shape index (κ3) is 4.56. The van der Waals surface area contributed by atoms with Crippen molar-refractivity contribution < 1.29 is 4.79 Å². The molecule has 1 unspecified atom stereocenters. The van der Waals surface area contributed by atoms with Crippen LogP contribution < -0.4 is 5.32 Å². The first-order valence-electron chi connectivity index (χ1n) is 6.81. The molecular weight excluding hydrogens is 238 g/mol. The monoisotopic (exact) mass is 263 g/mol. The van der Waals surface area contributed by atoms with Gasteiger partial charge in [-0.25, -0.2) is 9.80 Å². The molecule has 19 heavy (non-hydrogen) atoms. The molecule has 0 aromatic heterocycles. The molecule has 0 saturated carbocycles. The summed E-state index contributed by atoms with van der Waals surface area (Å²) in [6.45, 7) is 2.91. The molecule has 0 aliphatic carbocycles. The summed E-state index contributed by atoms with van der Waals surface area (Å²) < 4.78 is 0. The van der Waals surface area contributed by atoms with Crippen molar-refractivity contribution in [2.24, 2.45) is 0 Å². The van der Waals surface area contributed by atoms with Gasteiger partial charge in [-0.1, -0.05) is 37.3 Å². The molecule has 0 spiro atoms. The van der Waals surface area contributed by atoms with E-state index in [9.17, 15) is 4.79 Å². The minimum absolute atomic E-state index is 0.0621. The number of rotatable bonds is 6. The fourth-order valence-electron chi connectivity index (χ4n) is 2.22. The number of carbonyl (C=O) groups excluding carboxylic acids is 1. The number of hydrogen-bond acceptors (Lipinski definition) is 2. The van der Waals surface area contributed by atoms with Gasteiger partial charge in [0.25, 0.3) is 0 Å². The second kappa shape index (κ2) is 7.79. The molecule has 0 saturated heterocycles. The van der Waals surface area contributed by atoms with Gasteiger partial charge in [-0.3, -0.25) is 5.01 Å². The van der Waals surface area contributed by atoms with Crippen LogP contribution in [0.1, 0.15) is 31.2 Å². The van der Waals surface area contributed by atoms with E-state index in [-0.39, 0.29) is 6.03 Å². The van der Waals surface area contributed by atoms with Crippen LogP contribution in [-0.4, -0.2) is 43.7 Å². The summed E-state index contributed by atoms with van der Waals surface area (Å²) in [7, 11) is 5.44. The molecule has 1 rings (SSSR count). The number of benzene rings is 1. The van der Waals surface area contributed by atoms with Gasteiger partial charge in [0.2, 0.25) is 0 Å². The Balaban J connectivity index is 2.64. The lowest BCUT2D eigenvalue weighted by Crippen LogP contribution is -2.47. The molecule has 0 aliphatic rings. The first-order chi connectivity index (χ1) is 9.10. The molecular formula is C15H25N3O. The molecule has 0 bridgehead atoms. The Hall–Kier alpha value is -1.55. The van der Waals surface area contributed by atoms with E-state index in [4.69, 9.17) is 0 Å². The van der Waals surface area contributed by atoms with Gasteiger partial charge in [0.15, 0.2) is 0 Å². The zero-order chi connectivity index (χ0) is 14.3. The van der Waals surface area contributed by atoms with Crippen LogP contribution in [0, 0.1) is 0 Å². The smallest absolute Gasteiger partial charge is 0.331 e. The summed E-state index contributed by atoms with van der Waals surface area (Å²) in [5, 5.41) is 6.23. The van der Waals surface area contributed by atoms with Crippen molar-refractivity contribution in [1.29, 1.82) is 0 Å². The van der Waals surface area contributed by atoms with Crippen LogP contribution in [0.15, 0.2) is 30.3 Å². The van der Waals surface area contributed by atoms with Crippen molar-refractivity contribution in [3.05, 3.63) is 35.9 Å². The second-order valence-electron chi connectivity index (χ2n) is 4.83. The first-order valence-corrected chi connectivity index (χ1v) is 6.81. The van der Waals surface area contributed by atoms with E-state index in [1.54, 1.807) is 12.1 Å². The number of nitrogens with one attached hydrogen (secondary N) is 1. The van der Waals surface area contributed by atoms with E-state index in [1.165, 1.54) is 5.56 Å². The zero-order valence-electron chi connectivity index (χ0n) is 12.4. The molecule has 106 valence electrons. The minimum atomic E-state index is -0.0621. The van der Waals surface area contributed by atoms with Crippen molar-refractivity contribution in [2.75, 3.05) is 27.7 Å². The van der Waals surface area contributed by atoms with Gasteiger partial charge in [-0.2, -0.15) is 0 Å². The number of carbonyl (C=O) groups is 1. The van der Waals surface area contributed by atoms with Crippen molar-refractivity contribution in [1.82, 2.24) is 15.3 Å². The SMILES string of the molecule is CCC(CCN(C(=O)NC)N(C)C)c1ccccc1. The maximum absolute atomic E-state index is 11.8. The average Bonchev–Trinajstić information content (AvgIpc) is 2.43. The summed E-state index contributed by atoms with van der Waals surface area (Å²) in [4.78, 5) is 11.8. The maximum atomic E-state index is 11.8. The summed E-state index contributed by atoms with van der Waals surface area (Å²) in [5.41, 5.74) is 1.35. The van der Waals surface area contributed by atoms with Gasteiger partial charge < -0.3 is 5.32 Å². The quantitative estimate of drug-likeness (QED) is 0.801. The fraction of sp³-hybridized carbons (Fsp3) is 0.533. The molecule has 0 aliphatic heterocycles.